The van der Waals surface area contributed by atoms with Gasteiger partial charge < -0.3 is 20.7 Å². The molecule has 1 saturated heterocycles. The number of likely N-dealkylation sites (tertiary alicyclic amines) is 1. The molecule has 6 nitrogen and oxygen atoms in total. The second kappa shape index (κ2) is 9.03. The van der Waals surface area contributed by atoms with Crippen LogP contribution in [-0.2, 0) is 10.9 Å². The van der Waals surface area contributed by atoms with Crippen molar-refractivity contribution in [3.05, 3.63) is 29.5 Å². The van der Waals surface area contributed by atoms with E-state index in [1.807, 2.05) is 27.7 Å². The number of hydrogen-bond acceptors (Lipinski definition) is 5. The molecule has 1 aromatic carbocycles. The van der Waals surface area contributed by atoms with Crippen LogP contribution < -0.4 is 11.1 Å². The van der Waals surface area contributed by atoms with Gasteiger partial charge in [-0.05, 0) is 65.0 Å². The highest BCUT2D eigenvalue weighted by atomic mass is 19.4. The van der Waals surface area contributed by atoms with Crippen LogP contribution in [0.5, 0.6) is 0 Å². The Balaban J connectivity index is 1.65. The molecule has 2 aromatic rings. The Morgan fingerprint density at radius 2 is 1.91 bits per heavy atom. The Morgan fingerprint density at radius 1 is 1.25 bits per heavy atom. The lowest BCUT2D eigenvalue weighted by atomic mass is 9.93. The number of pyridine rings is 1. The predicted octanol–water partition coefficient (Wildman–Crippen LogP) is 5.59. The fourth-order valence-electron chi connectivity index (χ4n) is 3.93. The topological polar surface area (TPSA) is 80.5 Å². The molecule has 3 rings (SSSR count). The molecule has 9 heteroatoms. The summed E-state index contributed by atoms with van der Waals surface area (Å²) in [6.45, 7) is 9.08. The molecule has 1 aliphatic heterocycles. The summed E-state index contributed by atoms with van der Waals surface area (Å²) >= 11 is 0. The van der Waals surface area contributed by atoms with E-state index in [-0.39, 0.29) is 23.0 Å². The molecule has 0 unspecified atom stereocenters. The van der Waals surface area contributed by atoms with Crippen molar-refractivity contribution in [3.8, 4) is 0 Å². The summed E-state index contributed by atoms with van der Waals surface area (Å²) in [5.74, 6) is 0.360. The number of amides is 1. The molecule has 176 valence electrons. The number of carbonyl (C=O) groups is 1. The third-order valence-corrected chi connectivity index (χ3v) is 5.57. The fourth-order valence-corrected chi connectivity index (χ4v) is 3.93. The molecule has 0 aliphatic carbocycles. The number of rotatable bonds is 4. The van der Waals surface area contributed by atoms with Crippen LogP contribution in [0.1, 0.15) is 51.3 Å². The molecular weight excluding hydrogens is 421 g/mol. The van der Waals surface area contributed by atoms with Gasteiger partial charge in [-0.3, -0.25) is 0 Å². The Morgan fingerprint density at radius 3 is 2.50 bits per heavy atom. The number of carbonyl (C=O) groups excluding carboxylic acids is 1. The van der Waals surface area contributed by atoms with Gasteiger partial charge in [0.05, 0.1) is 16.9 Å². The van der Waals surface area contributed by atoms with Gasteiger partial charge in [0.1, 0.15) is 5.60 Å². The number of hydrogen-bond donors (Lipinski definition) is 2. The number of alkyl halides is 3. The number of nitrogens with one attached hydrogen (secondary N) is 1. The van der Waals surface area contributed by atoms with Crippen molar-refractivity contribution in [2.45, 2.75) is 58.7 Å². The number of nitrogens with zero attached hydrogens (tertiary/aromatic N) is 2. The molecular formula is C23H31F3N4O2. The van der Waals surface area contributed by atoms with Gasteiger partial charge in [-0.1, -0.05) is 11.6 Å². The number of piperidine rings is 1. The lowest BCUT2D eigenvalue weighted by Gasteiger charge is -2.33. The monoisotopic (exact) mass is 452 g/mol. The molecule has 1 fully saturated rings. The van der Waals surface area contributed by atoms with Gasteiger partial charge in [0.25, 0.3) is 0 Å². The highest BCUT2D eigenvalue weighted by Crippen LogP contribution is 2.39. The quantitative estimate of drug-likeness (QED) is 0.632. The van der Waals surface area contributed by atoms with Gasteiger partial charge in [0.15, 0.2) is 5.69 Å². The normalized spacial score (nSPS) is 15.8. The Kier molecular flexibility index (Phi) is 6.76. The average Bonchev–Trinajstić information content (AvgIpc) is 2.67. The summed E-state index contributed by atoms with van der Waals surface area (Å²) in [4.78, 5) is 17.7. The smallest absolute Gasteiger partial charge is 0.435 e. The van der Waals surface area contributed by atoms with E-state index in [9.17, 15) is 18.0 Å². The van der Waals surface area contributed by atoms with Crippen molar-refractivity contribution in [2.75, 3.05) is 30.7 Å². The Hall–Kier alpha value is -2.71. The number of halogens is 3. The number of nitrogens with two attached hydrogens (primary N) is 1. The van der Waals surface area contributed by atoms with Crippen LogP contribution in [0.3, 0.4) is 0 Å². The number of aromatic nitrogens is 1. The third kappa shape index (κ3) is 5.75. The summed E-state index contributed by atoms with van der Waals surface area (Å²) in [7, 11) is 0. The fraction of sp³-hybridized carbons (Fsp3) is 0.565. The first-order valence-electron chi connectivity index (χ1n) is 10.8. The summed E-state index contributed by atoms with van der Waals surface area (Å²) in [5, 5.41) is 3.72. The van der Waals surface area contributed by atoms with E-state index in [1.165, 1.54) is 0 Å². The first kappa shape index (κ1) is 23.9. The van der Waals surface area contributed by atoms with Gasteiger partial charge >= 0.3 is 12.3 Å². The zero-order chi connectivity index (χ0) is 23.7. The number of aryl methyl sites for hydroxylation is 1. The van der Waals surface area contributed by atoms with Crippen molar-refractivity contribution in [3.63, 3.8) is 0 Å². The van der Waals surface area contributed by atoms with E-state index in [0.29, 0.717) is 30.9 Å². The second-order valence-electron chi connectivity index (χ2n) is 9.39. The van der Waals surface area contributed by atoms with Gasteiger partial charge in [0.2, 0.25) is 0 Å². The number of fused-ring (bicyclic) bond motifs is 1. The minimum atomic E-state index is -4.63. The van der Waals surface area contributed by atoms with E-state index in [2.05, 4.69) is 10.3 Å². The maximum Gasteiger partial charge on any atom is 0.435 e. The van der Waals surface area contributed by atoms with Crippen LogP contribution in [0.4, 0.5) is 29.3 Å². The van der Waals surface area contributed by atoms with Crippen LogP contribution in [0, 0.1) is 12.8 Å². The van der Waals surface area contributed by atoms with E-state index < -0.39 is 17.5 Å². The maximum absolute atomic E-state index is 13.4. The van der Waals surface area contributed by atoms with E-state index >= 15 is 0 Å². The lowest BCUT2D eigenvalue weighted by Crippen LogP contribution is -2.41. The van der Waals surface area contributed by atoms with Crippen molar-refractivity contribution < 1.29 is 22.7 Å². The first-order chi connectivity index (χ1) is 14.8. The van der Waals surface area contributed by atoms with Crippen LogP contribution in [-0.4, -0.2) is 41.2 Å². The summed E-state index contributed by atoms with van der Waals surface area (Å²) in [5.41, 5.74) is 5.37. The van der Waals surface area contributed by atoms with Gasteiger partial charge in [-0.15, -0.1) is 0 Å². The van der Waals surface area contributed by atoms with Crippen LogP contribution in [0.25, 0.3) is 10.9 Å². The molecule has 1 aliphatic rings. The van der Waals surface area contributed by atoms with Gasteiger partial charge in [-0.25, -0.2) is 9.78 Å². The van der Waals surface area contributed by atoms with E-state index in [0.717, 1.165) is 24.8 Å². The van der Waals surface area contributed by atoms with Crippen LogP contribution in [0.15, 0.2) is 18.2 Å². The highest BCUT2D eigenvalue weighted by molar-refractivity contribution is 5.98. The van der Waals surface area contributed by atoms with Crippen molar-refractivity contribution in [2.24, 2.45) is 5.92 Å². The summed E-state index contributed by atoms with van der Waals surface area (Å²) < 4.78 is 45.7. The number of anilines is 2. The van der Waals surface area contributed by atoms with Gasteiger partial charge in [-0.2, -0.15) is 13.2 Å². The minimum absolute atomic E-state index is 0.255. The lowest BCUT2D eigenvalue weighted by molar-refractivity contribution is -0.140. The maximum atomic E-state index is 13.4. The van der Waals surface area contributed by atoms with Gasteiger partial charge in [0, 0.05) is 25.0 Å². The zero-order valence-corrected chi connectivity index (χ0v) is 19.0. The third-order valence-electron chi connectivity index (χ3n) is 5.57. The minimum Gasteiger partial charge on any atom is -0.444 e. The second-order valence-corrected chi connectivity index (χ2v) is 9.39. The van der Waals surface area contributed by atoms with Crippen molar-refractivity contribution in [1.82, 2.24) is 9.88 Å². The molecule has 1 aromatic heterocycles. The Bertz CT molecular complexity index is 978. The van der Waals surface area contributed by atoms with Crippen molar-refractivity contribution >= 4 is 28.4 Å². The Labute approximate surface area is 186 Å². The summed E-state index contributed by atoms with van der Waals surface area (Å²) in [6, 6.07) is 5.10. The molecule has 0 atom stereocenters. The molecule has 0 saturated carbocycles. The molecule has 0 spiro atoms. The van der Waals surface area contributed by atoms with Crippen LogP contribution >= 0.6 is 0 Å². The molecule has 0 radical (unpaired) electrons. The molecule has 0 bridgehead atoms. The highest BCUT2D eigenvalue weighted by Gasteiger charge is 2.37. The van der Waals surface area contributed by atoms with Crippen LogP contribution in [0.2, 0.25) is 0 Å². The first-order valence-corrected chi connectivity index (χ1v) is 10.8. The molecule has 3 N–H and O–H groups in total. The average molecular weight is 453 g/mol. The van der Waals surface area contributed by atoms with E-state index in [1.54, 1.807) is 23.1 Å². The predicted molar refractivity (Wildman–Crippen MR) is 120 cm³/mol. The number of benzene rings is 1. The van der Waals surface area contributed by atoms with E-state index in [4.69, 9.17) is 10.5 Å². The molecule has 32 heavy (non-hydrogen) atoms. The zero-order valence-electron chi connectivity index (χ0n) is 19.0. The largest absolute Gasteiger partial charge is 0.444 e. The number of ether oxygens (including phenoxy) is 1. The molecule has 2 heterocycles. The summed E-state index contributed by atoms with van der Waals surface area (Å²) in [6.07, 6.45) is -2.53. The van der Waals surface area contributed by atoms with Crippen molar-refractivity contribution in [1.29, 1.82) is 0 Å². The number of nitrogen functional groups attached to an aromatic ring is 1. The SMILES string of the molecule is Cc1ccc2nc(C(F)(F)F)c(N)c(NCCC3CCN(C(=O)OC(C)(C)C)CC3)c2c1. The molecule has 1 amide bonds. The standard InChI is InChI=1S/C23H31F3N4O2/c1-14-5-6-17-16(13-14)19(18(27)20(29-17)23(24,25)26)28-10-7-15-8-11-30(12-9-15)21(31)32-22(2,3)4/h5-6,13,15H,7-12,27H2,1-4H3,(H,28,29).